The maximum Gasteiger partial charge on any atom is 0.268 e. The van der Waals surface area contributed by atoms with Crippen molar-refractivity contribution in [1.29, 1.82) is 0 Å². The number of carbonyl (C=O) groups excluding carboxylic acids is 2. The van der Waals surface area contributed by atoms with E-state index in [1.54, 1.807) is 18.0 Å². The Morgan fingerprint density at radius 2 is 2.09 bits per heavy atom. The number of hydrogen-bond donors (Lipinski definition) is 5. The number of nitrogens with one attached hydrogen (secondary N) is 3. The van der Waals surface area contributed by atoms with Crippen LogP contribution in [0.3, 0.4) is 0 Å². The van der Waals surface area contributed by atoms with Crippen LogP contribution in [0.4, 0.5) is 0 Å². The van der Waals surface area contributed by atoms with E-state index in [1.165, 1.54) is 11.3 Å². The van der Waals surface area contributed by atoms with Crippen molar-refractivity contribution in [2.75, 3.05) is 26.7 Å². The first kappa shape index (κ1) is 22.8. The van der Waals surface area contributed by atoms with Gasteiger partial charge in [-0.25, -0.2) is 0 Å². The van der Waals surface area contributed by atoms with Gasteiger partial charge in [-0.3, -0.25) is 14.5 Å². The summed E-state index contributed by atoms with van der Waals surface area (Å²) in [6.07, 6.45) is -0.301. The van der Waals surface area contributed by atoms with Crippen molar-refractivity contribution in [2.24, 2.45) is 0 Å². The van der Waals surface area contributed by atoms with Gasteiger partial charge in [0.2, 0.25) is 5.91 Å². The molecule has 2 aromatic heterocycles. The smallest absolute Gasteiger partial charge is 0.268 e. The lowest BCUT2D eigenvalue weighted by molar-refractivity contribution is -0.123. The molecule has 1 unspecified atom stereocenters. The van der Waals surface area contributed by atoms with Gasteiger partial charge in [-0.05, 0) is 36.7 Å². The standard InChI is InChI=1S/C22H25ClN4O4S/c1-27(9-14(29)11-28)10-19(30)26-20-15-5-3-2-4-12(15)6-16(20)24-21(31)17-7-13-8-18(23)32-22(13)25-17/h2-5,7-8,14,16,20,25,28-29H,6,9-11H2,1H3,(H,24,31)(H,26,30)/t14?,16-,20+/m1/s1. The molecule has 0 bridgehead atoms. The Morgan fingerprint density at radius 1 is 1.31 bits per heavy atom. The third kappa shape index (κ3) is 4.97. The molecule has 3 atom stereocenters. The molecule has 2 heterocycles. The average Bonchev–Trinajstić information content (AvgIpc) is 3.39. The summed E-state index contributed by atoms with van der Waals surface area (Å²) in [7, 11) is 1.70. The van der Waals surface area contributed by atoms with Gasteiger partial charge in [-0.2, -0.15) is 0 Å². The fourth-order valence-corrected chi connectivity index (χ4v) is 5.24. The highest BCUT2D eigenvalue weighted by molar-refractivity contribution is 7.22. The molecule has 1 aliphatic rings. The van der Waals surface area contributed by atoms with Crippen LogP contribution in [0, 0.1) is 0 Å². The molecule has 4 rings (SSSR count). The Hall–Kier alpha value is -2.43. The van der Waals surface area contributed by atoms with E-state index in [1.807, 2.05) is 30.3 Å². The van der Waals surface area contributed by atoms with E-state index >= 15 is 0 Å². The van der Waals surface area contributed by atoms with Crippen LogP contribution in [-0.2, 0) is 11.2 Å². The van der Waals surface area contributed by atoms with E-state index in [4.69, 9.17) is 16.7 Å². The number of carbonyl (C=O) groups is 2. The number of aromatic nitrogens is 1. The number of aliphatic hydroxyl groups excluding tert-OH is 2. The minimum Gasteiger partial charge on any atom is -0.394 e. The molecular weight excluding hydrogens is 452 g/mol. The van der Waals surface area contributed by atoms with Crippen LogP contribution < -0.4 is 10.6 Å². The molecule has 0 radical (unpaired) electrons. The second-order valence-corrected chi connectivity index (χ2v) is 9.76. The van der Waals surface area contributed by atoms with Crippen molar-refractivity contribution < 1.29 is 19.8 Å². The summed E-state index contributed by atoms with van der Waals surface area (Å²) in [4.78, 5) is 31.2. The lowest BCUT2D eigenvalue weighted by atomic mass is 10.1. The molecular formula is C22H25ClN4O4S. The van der Waals surface area contributed by atoms with Crippen LogP contribution in [-0.4, -0.2) is 70.8 Å². The monoisotopic (exact) mass is 476 g/mol. The molecule has 1 aromatic carbocycles. The predicted molar refractivity (Wildman–Crippen MR) is 124 cm³/mol. The molecule has 5 N–H and O–H groups in total. The highest BCUT2D eigenvalue weighted by Crippen LogP contribution is 2.32. The van der Waals surface area contributed by atoms with Gasteiger partial charge in [0.1, 0.15) is 10.5 Å². The van der Waals surface area contributed by atoms with E-state index in [0.717, 1.165) is 21.3 Å². The predicted octanol–water partition coefficient (Wildman–Crippen LogP) is 1.68. The van der Waals surface area contributed by atoms with Gasteiger partial charge in [0, 0.05) is 11.9 Å². The molecule has 10 heteroatoms. The summed E-state index contributed by atoms with van der Waals surface area (Å²) in [6, 6.07) is 10.7. The number of aliphatic hydroxyl groups is 2. The summed E-state index contributed by atoms with van der Waals surface area (Å²) in [5, 5.41) is 25.5. The molecule has 3 aromatic rings. The fourth-order valence-electron chi connectivity index (χ4n) is 4.11. The minimum absolute atomic E-state index is 0.0596. The van der Waals surface area contributed by atoms with Crippen LogP contribution in [0.1, 0.15) is 27.7 Å². The quantitative estimate of drug-likeness (QED) is 0.339. The molecule has 8 nitrogen and oxygen atoms in total. The highest BCUT2D eigenvalue weighted by Gasteiger charge is 2.35. The zero-order valence-electron chi connectivity index (χ0n) is 17.5. The first-order valence-electron chi connectivity index (χ1n) is 10.3. The second-order valence-electron chi connectivity index (χ2n) is 8.08. The summed E-state index contributed by atoms with van der Waals surface area (Å²) in [6.45, 7) is -0.123. The largest absolute Gasteiger partial charge is 0.394 e. The molecule has 0 saturated heterocycles. The second kappa shape index (κ2) is 9.60. The van der Waals surface area contributed by atoms with Crippen molar-refractivity contribution in [3.05, 3.63) is 57.6 Å². The molecule has 170 valence electrons. The maximum absolute atomic E-state index is 12.9. The first-order chi connectivity index (χ1) is 15.3. The Bertz CT molecular complexity index is 1100. The lowest BCUT2D eigenvalue weighted by Gasteiger charge is -2.25. The Morgan fingerprint density at radius 3 is 2.84 bits per heavy atom. The zero-order valence-corrected chi connectivity index (χ0v) is 19.0. The van der Waals surface area contributed by atoms with Gasteiger partial charge in [-0.15, -0.1) is 11.3 Å². The third-order valence-corrected chi connectivity index (χ3v) is 6.73. The number of rotatable bonds is 8. The number of thiophene rings is 1. The van der Waals surface area contributed by atoms with Crippen molar-refractivity contribution in [2.45, 2.75) is 24.6 Å². The van der Waals surface area contributed by atoms with Crippen LogP contribution in [0.5, 0.6) is 0 Å². The van der Waals surface area contributed by atoms with Gasteiger partial charge < -0.3 is 25.8 Å². The minimum atomic E-state index is -0.905. The number of amides is 2. The third-order valence-electron chi connectivity index (χ3n) is 5.54. The molecule has 32 heavy (non-hydrogen) atoms. The number of H-pyrrole nitrogens is 1. The SMILES string of the molecule is CN(CC(=O)N[C@H]1c2ccccc2C[C@H]1NC(=O)c1cc2cc(Cl)sc2[nH]1)CC(O)CO. The van der Waals surface area contributed by atoms with Crippen LogP contribution in [0.25, 0.3) is 10.2 Å². The van der Waals surface area contributed by atoms with E-state index in [2.05, 4.69) is 15.6 Å². The molecule has 0 fully saturated rings. The molecule has 2 amide bonds. The lowest BCUT2D eigenvalue weighted by Crippen LogP contribution is -2.47. The van der Waals surface area contributed by atoms with Gasteiger partial charge in [0.25, 0.3) is 5.91 Å². The van der Waals surface area contributed by atoms with Crippen molar-refractivity contribution >= 4 is 45.0 Å². The van der Waals surface area contributed by atoms with Crippen molar-refractivity contribution in [1.82, 2.24) is 20.5 Å². The van der Waals surface area contributed by atoms with Gasteiger partial charge >= 0.3 is 0 Å². The highest BCUT2D eigenvalue weighted by atomic mass is 35.5. The molecule has 0 spiro atoms. The maximum atomic E-state index is 12.9. The summed E-state index contributed by atoms with van der Waals surface area (Å²) < 4.78 is 0.656. The summed E-state index contributed by atoms with van der Waals surface area (Å²) in [5.74, 6) is -0.474. The van der Waals surface area contributed by atoms with Crippen molar-refractivity contribution in [3.63, 3.8) is 0 Å². The zero-order chi connectivity index (χ0) is 22.8. The summed E-state index contributed by atoms with van der Waals surface area (Å²) >= 11 is 7.39. The Kier molecular flexibility index (Phi) is 6.82. The van der Waals surface area contributed by atoms with Gasteiger partial charge in [0.15, 0.2) is 0 Å². The van der Waals surface area contributed by atoms with E-state index in [9.17, 15) is 14.7 Å². The number of likely N-dealkylation sites (N-methyl/N-ethyl adjacent to an activating group) is 1. The number of halogens is 1. The first-order valence-corrected chi connectivity index (χ1v) is 11.5. The van der Waals surface area contributed by atoms with E-state index < -0.39 is 6.10 Å². The average molecular weight is 477 g/mol. The number of nitrogens with zero attached hydrogens (tertiary/aromatic N) is 1. The van der Waals surface area contributed by atoms with Gasteiger partial charge in [-0.1, -0.05) is 35.9 Å². The normalized spacial score (nSPS) is 18.7. The Balaban J connectivity index is 1.46. The number of fused-ring (bicyclic) bond motifs is 2. The van der Waals surface area contributed by atoms with Crippen molar-refractivity contribution in [3.8, 4) is 0 Å². The molecule has 1 aliphatic carbocycles. The van der Waals surface area contributed by atoms with Crippen LogP contribution >= 0.6 is 22.9 Å². The molecule has 0 aliphatic heterocycles. The van der Waals surface area contributed by atoms with Crippen LogP contribution in [0.2, 0.25) is 4.34 Å². The van der Waals surface area contributed by atoms with Gasteiger partial charge in [0.05, 0.1) is 35.7 Å². The van der Waals surface area contributed by atoms with E-state index in [0.29, 0.717) is 16.5 Å². The molecule has 0 saturated carbocycles. The topological polar surface area (TPSA) is 118 Å². The number of benzene rings is 1. The number of aromatic amines is 1. The fraction of sp³-hybridized carbons (Fsp3) is 0.364. The van der Waals surface area contributed by atoms with Crippen LogP contribution in [0.15, 0.2) is 36.4 Å². The Labute approximate surface area is 194 Å². The number of hydrogen-bond acceptors (Lipinski definition) is 6. The van der Waals surface area contributed by atoms with E-state index in [-0.39, 0.29) is 43.6 Å². The summed E-state index contributed by atoms with van der Waals surface area (Å²) in [5.41, 5.74) is 2.50.